The predicted octanol–water partition coefficient (Wildman–Crippen LogP) is 21.9. The number of aryl methyl sites for hydroxylation is 2. The van der Waals surface area contributed by atoms with E-state index in [4.69, 9.17) is 6.58 Å². The molecule has 1 aliphatic rings. The number of benzene rings is 2. The minimum absolute atomic E-state index is 0.181. The lowest BCUT2D eigenvalue weighted by Gasteiger charge is -2.44. The van der Waals surface area contributed by atoms with E-state index in [9.17, 15) is 0 Å². The highest BCUT2D eigenvalue weighted by molar-refractivity contribution is 5.48. The lowest BCUT2D eigenvalue weighted by Crippen LogP contribution is -2.31. The van der Waals surface area contributed by atoms with Gasteiger partial charge in [0.05, 0.1) is 0 Å². The maximum absolute atomic E-state index is 4.70. The zero-order valence-corrected chi connectivity index (χ0v) is 48.2. The van der Waals surface area contributed by atoms with Crippen molar-refractivity contribution in [2.24, 2.45) is 16.2 Å². The molecule has 0 heterocycles. The molecule has 0 spiro atoms. The van der Waals surface area contributed by atoms with Gasteiger partial charge in [-0.3, -0.25) is 0 Å². The molecule has 1 saturated carbocycles. The first-order valence-electron chi connectivity index (χ1n) is 25.6. The second kappa shape index (κ2) is 37.4. The summed E-state index contributed by atoms with van der Waals surface area (Å²) in [6.45, 7) is 67.0. The van der Waals surface area contributed by atoms with Crippen LogP contribution < -0.4 is 0 Å². The van der Waals surface area contributed by atoms with Crippen LogP contribution in [0.5, 0.6) is 0 Å². The average Bonchev–Trinajstić information content (AvgIpc) is 3.20. The molecule has 0 heteroatoms. The van der Waals surface area contributed by atoms with Gasteiger partial charge in [-0.15, -0.1) is 6.58 Å². The van der Waals surface area contributed by atoms with Crippen molar-refractivity contribution < 1.29 is 0 Å². The molecule has 1 fully saturated rings. The molecule has 63 heavy (non-hydrogen) atoms. The first-order valence-corrected chi connectivity index (χ1v) is 25.6. The Kier molecular flexibility index (Phi) is 41.0. The van der Waals surface area contributed by atoms with Crippen molar-refractivity contribution in [2.75, 3.05) is 0 Å². The maximum Gasteiger partial charge on any atom is -0.00208 e. The largest absolute Gasteiger partial charge is 0.103 e. The summed E-state index contributed by atoms with van der Waals surface area (Å²) in [5.41, 5.74) is 17.1. The topological polar surface area (TPSA) is 0 Å². The van der Waals surface area contributed by atoms with E-state index in [2.05, 4.69) is 207 Å². The zero-order valence-electron chi connectivity index (χ0n) is 48.2. The first kappa shape index (κ1) is 69.2. The van der Waals surface area contributed by atoms with E-state index in [-0.39, 0.29) is 5.41 Å². The van der Waals surface area contributed by atoms with Crippen molar-refractivity contribution in [3.8, 4) is 0 Å². The van der Waals surface area contributed by atoms with E-state index in [1.165, 1.54) is 107 Å². The van der Waals surface area contributed by atoms with Crippen LogP contribution in [-0.4, -0.2) is 0 Å². The fourth-order valence-electron chi connectivity index (χ4n) is 6.49. The summed E-state index contributed by atoms with van der Waals surface area (Å²) in [4.78, 5) is 0. The second-order valence-electron chi connectivity index (χ2n) is 20.3. The van der Waals surface area contributed by atoms with Crippen molar-refractivity contribution >= 4 is 0 Å². The summed E-state index contributed by atoms with van der Waals surface area (Å²) < 4.78 is 0. The monoisotopic (exact) mass is 871 g/mol. The summed E-state index contributed by atoms with van der Waals surface area (Å²) >= 11 is 0. The van der Waals surface area contributed by atoms with E-state index in [1.807, 2.05) is 34.6 Å². The van der Waals surface area contributed by atoms with Crippen LogP contribution >= 0.6 is 0 Å². The molecular weight excluding hydrogens is 757 g/mol. The van der Waals surface area contributed by atoms with Gasteiger partial charge in [-0.25, -0.2) is 0 Å². The quantitative estimate of drug-likeness (QED) is 0.174. The van der Waals surface area contributed by atoms with E-state index in [0.717, 1.165) is 12.8 Å². The van der Waals surface area contributed by atoms with Gasteiger partial charge in [0.15, 0.2) is 0 Å². The van der Waals surface area contributed by atoms with E-state index in [0.29, 0.717) is 16.2 Å². The van der Waals surface area contributed by atoms with Gasteiger partial charge in [0, 0.05) is 0 Å². The molecule has 0 aromatic heterocycles. The highest BCUT2D eigenvalue weighted by Crippen LogP contribution is 2.51. The van der Waals surface area contributed by atoms with Crippen molar-refractivity contribution in [1.29, 1.82) is 0 Å². The lowest BCUT2D eigenvalue weighted by molar-refractivity contribution is 0.176. The summed E-state index contributed by atoms with van der Waals surface area (Å²) in [7, 11) is 0. The molecule has 0 nitrogen and oxygen atoms in total. The van der Waals surface area contributed by atoms with Gasteiger partial charge in [-0.1, -0.05) is 230 Å². The molecule has 0 aliphatic heterocycles. The van der Waals surface area contributed by atoms with Crippen LogP contribution in [0.15, 0.2) is 90.1 Å². The Labute approximate surface area is 400 Å². The minimum atomic E-state index is 0.181. The molecule has 366 valence electrons. The fourth-order valence-corrected chi connectivity index (χ4v) is 6.49. The van der Waals surface area contributed by atoms with Gasteiger partial charge in [-0.2, -0.15) is 0 Å². The Morgan fingerprint density at radius 1 is 0.683 bits per heavy atom. The third-order valence-corrected chi connectivity index (χ3v) is 11.9. The maximum atomic E-state index is 4.70. The van der Waals surface area contributed by atoms with Gasteiger partial charge in [-0.05, 0) is 165 Å². The first-order chi connectivity index (χ1) is 29.2. The number of allylic oxidation sites excluding steroid dienone is 8. The smallest absolute Gasteiger partial charge is 0.00208 e. The van der Waals surface area contributed by atoms with Crippen LogP contribution in [-0.2, 0) is 18.3 Å². The molecule has 1 aliphatic carbocycles. The molecule has 0 atom stereocenters. The summed E-state index contributed by atoms with van der Waals surface area (Å²) in [5, 5.41) is 0. The van der Waals surface area contributed by atoms with Crippen LogP contribution in [0.1, 0.15) is 250 Å². The predicted molar refractivity (Wildman–Crippen MR) is 299 cm³/mol. The van der Waals surface area contributed by atoms with Crippen LogP contribution in [0.4, 0.5) is 0 Å². The van der Waals surface area contributed by atoms with Crippen LogP contribution in [0.25, 0.3) is 0 Å². The molecular formula is C63H114. The number of hydrogen-bond acceptors (Lipinski definition) is 0. The molecule has 2 aromatic rings. The second-order valence-corrected chi connectivity index (χ2v) is 20.3. The summed E-state index contributed by atoms with van der Waals surface area (Å²) in [6.07, 6.45) is 20.5. The highest BCUT2D eigenvalue weighted by Gasteiger charge is 2.38. The molecule has 0 amide bonds. The standard InChI is InChI=1S/C33H46.C10H18.C6H14.C4H10.C3H8.C3H6.2C2H6/c1-11-33(17-12-18-33)27(7)31(21-29-14-13-22(2)25(5)26(29)6)24(4)19-28-15-16-30(20-23(28)3)32(8,9)10;1-6-8-9(7-2)10(3,4)5;1-5-6(2,3)4;1-3-4-2;2*1-3-2;2*1-2/h13-16,20H,4,11-12,17-19,21H2,1-3,5-10H3;6-8H,1-5H3;5H2,1-4H3;3-4H2,1-2H3;3H2,1-2H3;3H,1H2,2H3;2*1-2H3/b31-27+;8-6-,9-7+;;;;;;. The van der Waals surface area contributed by atoms with Crippen LogP contribution in [0.3, 0.4) is 0 Å². The summed E-state index contributed by atoms with van der Waals surface area (Å²) in [6, 6.07) is 11.7. The van der Waals surface area contributed by atoms with Crippen molar-refractivity contribution in [1.82, 2.24) is 0 Å². The third kappa shape index (κ3) is 29.3. The molecule has 3 rings (SSSR count). The Balaban J connectivity index is -0.000000304. The number of hydrogen-bond donors (Lipinski definition) is 0. The van der Waals surface area contributed by atoms with Gasteiger partial charge < -0.3 is 0 Å². The zero-order chi connectivity index (χ0) is 50.8. The Bertz CT molecular complexity index is 1550. The van der Waals surface area contributed by atoms with Gasteiger partial charge in [0.1, 0.15) is 0 Å². The molecule has 2 aromatic carbocycles. The fraction of sp³-hybridized carbons (Fsp3) is 0.651. The van der Waals surface area contributed by atoms with Gasteiger partial charge >= 0.3 is 0 Å². The minimum Gasteiger partial charge on any atom is -0.103 e. The van der Waals surface area contributed by atoms with Crippen molar-refractivity contribution in [3.63, 3.8) is 0 Å². The molecule has 0 N–H and O–H groups in total. The van der Waals surface area contributed by atoms with Crippen molar-refractivity contribution in [3.05, 3.63) is 129 Å². The van der Waals surface area contributed by atoms with E-state index >= 15 is 0 Å². The third-order valence-electron chi connectivity index (χ3n) is 11.9. The number of rotatable bonds is 9. The van der Waals surface area contributed by atoms with Crippen molar-refractivity contribution in [2.45, 2.75) is 257 Å². The Morgan fingerprint density at radius 3 is 1.41 bits per heavy atom. The number of unbranched alkanes of at least 4 members (excludes halogenated alkanes) is 1. The molecule has 0 saturated heterocycles. The average molecular weight is 872 g/mol. The molecule has 0 unspecified atom stereocenters. The molecule has 0 radical (unpaired) electrons. The van der Waals surface area contributed by atoms with E-state index in [1.54, 1.807) is 11.6 Å². The van der Waals surface area contributed by atoms with E-state index < -0.39 is 0 Å². The van der Waals surface area contributed by atoms with Gasteiger partial charge in [0.2, 0.25) is 0 Å². The molecule has 0 bridgehead atoms. The van der Waals surface area contributed by atoms with Crippen LogP contribution in [0.2, 0.25) is 0 Å². The van der Waals surface area contributed by atoms with Crippen LogP contribution in [0, 0.1) is 43.9 Å². The Morgan fingerprint density at radius 2 is 1.13 bits per heavy atom. The highest BCUT2D eigenvalue weighted by atomic mass is 14.4. The lowest BCUT2D eigenvalue weighted by atomic mass is 9.61. The SMILES string of the molecule is C/C=C\C(=C/C)C(C)(C)C.C=C(Cc1ccc(C(C)(C)C)cc1C)/C(Cc1ccc(C)c(C)c1C)=C(\C)C1(CC)CCC1.C=CC.CC.CC.CCC.CCC(C)(C)C.CCCC. The Hall–Kier alpha value is -2.86. The summed E-state index contributed by atoms with van der Waals surface area (Å²) in [5.74, 6) is 0. The normalized spacial score (nSPS) is 13.2. The van der Waals surface area contributed by atoms with Gasteiger partial charge in [0.25, 0.3) is 0 Å².